The Kier molecular flexibility index (Phi) is 5.86. The summed E-state index contributed by atoms with van der Waals surface area (Å²) in [6.45, 7) is 2.81. The molecule has 0 saturated carbocycles. The van der Waals surface area contributed by atoms with Crippen LogP contribution in [-0.4, -0.2) is 60.5 Å². The number of nitrogens with one attached hydrogen (secondary N) is 1. The Balaban J connectivity index is 1.48. The van der Waals surface area contributed by atoms with Crippen LogP contribution in [0.5, 0.6) is 11.5 Å². The maximum atomic E-state index is 14.2. The van der Waals surface area contributed by atoms with Gasteiger partial charge in [0.15, 0.2) is 17.0 Å². The zero-order valence-corrected chi connectivity index (χ0v) is 21.9. The first kappa shape index (κ1) is 24.1. The van der Waals surface area contributed by atoms with Crippen molar-refractivity contribution in [3.8, 4) is 11.5 Å². The zero-order chi connectivity index (χ0) is 26.4. The molecule has 0 radical (unpaired) electrons. The van der Waals surface area contributed by atoms with E-state index in [9.17, 15) is 9.59 Å². The summed E-state index contributed by atoms with van der Waals surface area (Å²) < 4.78 is 11.4. The Bertz CT molecular complexity index is 1530. The monoisotopic (exact) mass is 509 g/mol. The fraction of sp³-hybridized carbons (Fsp3) is 0.290. The minimum Gasteiger partial charge on any atom is -0.493 e. The highest BCUT2D eigenvalue weighted by Gasteiger charge is 2.56. The molecular formula is C31H31N3O4. The summed E-state index contributed by atoms with van der Waals surface area (Å²) >= 11 is 0. The number of amides is 2. The molecule has 194 valence electrons. The lowest BCUT2D eigenvalue weighted by Gasteiger charge is -2.51. The molecule has 7 heteroatoms. The number of carbonyl (C=O) groups is 2. The van der Waals surface area contributed by atoms with Gasteiger partial charge in [-0.15, -0.1) is 0 Å². The third kappa shape index (κ3) is 3.56. The van der Waals surface area contributed by atoms with E-state index < -0.39 is 5.54 Å². The molecular weight excluding hydrogens is 478 g/mol. The van der Waals surface area contributed by atoms with Gasteiger partial charge in [0.05, 0.1) is 26.5 Å². The minimum absolute atomic E-state index is 0.0584. The van der Waals surface area contributed by atoms with E-state index in [1.807, 2.05) is 73.7 Å². The van der Waals surface area contributed by atoms with Crippen molar-refractivity contribution < 1.29 is 19.1 Å². The van der Waals surface area contributed by atoms with Crippen molar-refractivity contribution in [1.82, 2.24) is 14.8 Å². The third-order valence-electron chi connectivity index (χ3n) is 8.14. The van der Waals surface area contributed by atoms with E-state index >= 15 is 0 Å². The van der Waals surface area contributed by atoms with E-state index in [0.29, 0.717) is 31.0 Å². The van der Waals surface area contributed by atoms with Gasteiger partial charge in [0.25, 0.3) is 5.91 Å². The lowest BCUT2D eigenvalue weighted by Crippen LogP contribution is -2.67. The Morgan fingerprint density at radius 3 is 2.47 bits per heavy atom. The smallest absolute Gasteiger partial charge is 0.254 e. The molecule has 0 aliphatic carbocycles. The number of nitrogens with zero attached hydrogens (tertiary/aromatic N) is 2. The minimum atomic E-state index is -1.14. The molecule has 4 aromatic rings. The molecule has 0 unspecified atom stereocenters. The summed E-state index contributed by atoms with van der Waals surface area (Å²) in [7, 11) is 3.25. The van der Waals surface area contributed by atoms with E-state index in [2.05, 4.69) is 11.1 Å². The number of carbonyl (C=O) groups excluding carboxylic acids is 2. The van der Waals surface area contributed by atoms with E-state index in [-0.39, 0.29) is 24.3 Å². The molecule has 2 atom stereocenters. The standard InChI is InChI=1S/C31H31N3O4/c1-31-29-27(22-12-7-8-14-24(22)32-29)23(21-13-9-15-25(37-2)28(21)38-3)18-34(31)26(35)19-33(30(31)36)17-16-20-10-5-4-6-11-20/h4-15,23,32H,16-19H2,1-3H3/t23-,31-/m0/s1. The predicted molar refractivity (Wildman–Crippen MR) is 145 cm³/mol. The van der Waals surface area contributed by atoms with Gasteiger partial charge in [-0.2, -0.15) is 0 Å². The summed E-state index contributed by atoms with van der Waals surface area (Å²) in [6.07, 6.45) is 0.694. The first-order valence-electron chi connectivity index (χ1n) is 12.9. The second-order valence-corrected chi connectivity index (χ2v) is 10.1. The first-order chi connectivity index (χ1) is 18.5. The molecule has 3 heterocycles. The molecule has 1 aromatic heterocycles. The van der Waals surface area contributed by atoms with Crippen molar-refractivity contribution in [1.29, 1.82) is 0 Å². The molecule has 1 fully saturated rings. The fourth-order valence-corrected chi connectivity index (χ4v) is 6.23. The third-order valence-corrected chi connectivity index (χ3v) is 8.14. The van der Waals surface area contributed by atoms with Crippen molar-refractivity contribution in [2.24, 2.45) is 0 Å². The van der Waals surface area contributed by atoms with Gasteiger partial charge >= 0.3 is 0 Å². The molecule has 6 rings (SSSR count). The number of hydrogen-bond donors (Lipinski definition) is 1. The largest absolute Gasteiger partial charge is 0.493 e. The molecule has 3 aromatic carbocycles. The lowest BCUT2D eigenvalue weighted by atomic mass is 9.76. The number of hydrogen-bond acceptors (Lipinski definition) is 4. The summed E-state index contributed by atoms with van der Waals surface area (Å²) in [5.41, 5.74) is 3.66. The summed E-state index contributed by atoms with van der Waals surface area (Å²) in [5.74, 6) is 0.952. The van der Waals surface area contributed by atoms with Crippen LogP contribution in [0.25, 0.3) is 10.9 Å². The van der Waals surface area contributed by atoms with Crippen LogP contribution in [0.15, 0.2) is 72.8 Å². The van der Waals surface area contributed by atoms with Gasteiger partial charge < -0.3 is 24.3 Å². The highest BCUT2D eigenvalue weighted by atomic mass is 16.5. The van der Waals surface area contributed by atoms with Gasteiger partial charge in [0.2, 0.25) is 5.91 Å². The molecule has 2 amide bonds. The molecule has 2 aliphatic heterocycles. The number of H-pyrrole nitrogens is 1. The number of piperazine rings is 1. The van der Waals surface area contributed by atoms with Gasteiger partial charge in [-0.3, -0.25) is 9.59 Å². The van der Waals surface area contributed by atoms with E-state index in [4.69, 9.17) is 9.47 Å². The van der Waals surface area contributed by atoms with Crippen LogP contribution in [0.4, 0.5) is 0 Å². The van der Waals surface area contributed by atoms with Crippen LogP contribution in [-0.2, 0) is 21.5 Å². The van der Waals surface area contributed by atoms with Crippen LogP contribution < -0.4 is 9.47 Å². The maximum Gasteiger partial charge on any atom is 0.254 e. The quantitative estimate of drug-likeness (QED) is 0.417. The zero-order valence-electron chi connectivity index (χ0n) is 21.9. The number of aromatic amines is 1. The van der Waals surface area contributed by atoms with Crippen LogP contribution in [0, 0.1) is 0 Å². The van der Waals surface area contributed by atoms with Crippen molar-refractivity contribution in [2.45, 2.75) is 24.8 Å². The second kappa shape index (κ2) is 9.24. The van der Waals surface area contributed by atoms with Crippen molar-refractivity contribution in [3.05, 3.63) is 95.2 Å². The number of benzene rings is 3. The Morgan fingerprint density at radius 1 is 0.947 bits per heavy atom. The Hall–Kier alpha value is -4.26. The average Bonchev–Trinajstić information content (AvgIpc) is 3.35. The highest BCUT2D eigenvalue weighted by Crippen LogP contribution is 2.50. The van der Waals surface area contributed by atoms with Gasteiger partial charge in [-0.1, -0.05) is 60.7 Å². The SMILES string of the molecule is COc1cccc([C@@H]2CN3C(=O)CN(CCc4ccccc4)C(=O)[C@]3(C)c3[nH]c4ccccc4c32)c1OC. The van der Waals surface area contributed by atoms with Crippen LogP contribution in [0.3, 0.4) is 0 Å². The normalized spacial score (nSPS) is 20.9. The predicted octanol–water partition coefficient (Wildman–Crippen LogP) is 4.46. The number of fused-ring (bicyclic) bond motifs is 5. The molecule has 38 heavy (non-hydrogen) atoms. The topological polar surface area (TPSA) is 74.9 Å². The van der Waals surface area contributed by atoms with Crippen molar-refractivity contribution >= 4 is 22.7 Å². The van der Waals surface area contributed by atoms with Crippen LogP contribution in [0.1, 0.15) is 35.2 Å². The molecule has 1 N–H and O–H groups in total. The lowest BCUT2D eigenvalue weighted by molar-refractivity contribution is -0.166. The van der Waals surface area contributed by atoms with Gasteiger partial charge in [-0.05, 0) is 36.6 Å². The average molecular weight is 510 g/mol. The van der Waals surface area contributed by atoms with Gasteiger partial charge in [0.1, 0.15) is 0 Å². The van der Waals surface area contributed by atoms with E-state index in [0.717, 1.165) is 33.3 Å². The van der Waals surface area contributed by atoms with Crippen LogP contribution in [0.2, 0.25) is 0 Å². The number of ether oxygens (including phenoxy) is 2. The molecule has 0 bridgehead atoms. The molecule has 1 saturated heterocycles. The summed E-state index contributed by atoms with van der Waals surface area (Å²) in [6, 6.07) is 24.0. The Labute approximate surface area is 222 Å². The summed E-state index contributed by atoms with van der Waals surface area (Å²) in [5, 5.41) is 1.04. The maximum absolute atomic E-state index is 14.2. The van der Waals surface area contributed by atoms with Gasteiger partial charge in [0, 0.05) is 35.5 Å². The van der Waals surface area contributed by atoms with Gasteiger partial charge in [-0.25, -0.2) is 0 Å². The molecule has 7 nitrogen and oxygen atoms in total. The van der Waals surface area contributed by atoms with Crippen molar-refractivity contribution in [2.75, 3.05) is 33.9 Å². The number of rotatable bonds is 6. The molecule has 2 aliphatic rings. The second-order valence-electron chi connectivity index (χ2n) is 10.1. The first-order valence-corrected chi connectivity index (χ1v) is 12.9. The Morgan fingerprint density at radius 2 is 1.71 bits per heavy atom. The van der Waals surface area contributed by atoms with Crippen LogP contribution >= 0.6 is 0 Å². The number of methoxy groups -OCH3 is 2. The fourth-order valence-electron chi connectivity index (χ4n) is 6.23. The number of aromatic nitrogens is 1. The van der Waals surface area contributed by atoms with E-state index in [1.165, 1.54) is 0 Å². The highest BCUT2D eigenvalue weighted by molar-refractivity contribution is 6.01. The summed E-state index contributed by atoms with van der Waals surface area (Å²) in [4.78, 5) is 35.0. The number of para-hydroxylation sites is 2. The van der Waals surface area contributed by atoms with Crippen molar-refractivity contribution in [3.63, 3.8) is 0 Å². The molecule has 0 spiro atoms. The van der Waals surface area contributed by atoms with E-state index in [1.54, 1.807) is 24.0 Å².